The summed E-state index contributed by atoms with van der Waals surface area (Å²) >= 11 is 0. The Morgan fingerprint density at radius 3 is 2.56 bits per heavy atom. The lowest BCUT2D eigenvalue weighted by Crippen LogP contribution is -2.45. The molecule has 1 amide bonds. The zero-order chi connectivity index (χ0) is 25.4. The fourth-order valence-electron chi connectivity index (χ4n) is 4.53. The van der Waals surface area contributed by atoms with E-state index in [1.807, 2.05) is 0 Å². The number of aliphatic hydroxyl groups is 1. The quantitative estimate of drug-likeness (QED) is 0.304. The number of aromatic amines is 1. The third kappa shape index (κ3) is 4.13. The lowest BCUT2D eigenvalue weighted by atomic mass is 10.0. The summed E-state index contributed by atoms with van der Waals surface area (Å²) in [5, 5.41) is 12.6. The third-order valence-corrected chi connectivity index (χ3v) is 6.32. The van der Waals surface area contributed by atoms with Crippen LogP contribution in [0, 0.1) is 4.91 Å². The van der Waals surface area contributed by atoms with Gasteiger partial charge in [-0.1, -0.05) is 5.18 Å². The minimum absolute atomic E-state index is 0.142. The van der Waals surface area contributed by atoms with Gasteiger partial charge in [-0.05, 0) is 31.9 Å². The van der Waals surface area contributed by atoms with E-state index in [1.54, 1.807) is 17.0 Å². The van der Waals surface area contributed by atoms with Gasteiger partial charge in [0.05, 0.1) is 22.1 Å². The van der Waals surface area contributed by atoms with Crippen LogP contribution in [0.15, 0.2) is 45.5 Å². The van der Waals surface area contributed by atoms with Gasteiger partial charge < -0.3 is 10.0 Å². The van der Waals surface area contributed by atoms with Gasteiger partial charge in [0.15, 0.2) is 5.82 Å². The Labute approximate surface area is 202 Å². The van der Waals surface area contributed by atoms with Crippen LogP contribution in [0.2, 0.25) is 0 Å². The lowest BCUT2D eigenvalue weighted by molar-refractivity contribution is -0.140. The van der Waals surface area contributed by atoms with Crippen molar-refractivity contribution in [3.8, 4) is 11.3 Å². The molecule has 1 aliphatic rings. The number of likely N-dealkylation sites (tertiary alicyclic amines) is 1. The van der Waals surface area contributed by atoms with Crippen molar-refractivity contribution in [2.75, 3.05) is 13.1 Å². The maximum Gasteiger partial charge on any atom is 0.329 e. The smallest absolute Gasteiger partial charge is 0.329 e. The Balaban J connectivity index is 1.63. The van der Waals surface area contributed by atoms with Crippen LogP contribution < -0.4 is 11.2 Å². The van der Waals surface area contributed by atoms with Gasteiger partial charge in [-0.2, -0.15) is 4.91 Å². The lowest BCUT2D eigenvalue weighted by Gasteiger charge is -2.34. The van der Waals surface area contributed by atoms with Crippen molar-refractivity contribution in [3.05, 3.63) is 62.3 Å². The highest BCUT2D eigenvalue weighted by atomic mass is 16.3. The number of nitroso groups, excluding NO2 is 1. The van der Waals surface area contributed by atoms with E-state index in [0.717, 1.165) is 0 Å². The zero-order valence-corrected chi connectivity index (χ0v) is 19.3. The molecule has 0 spiro atoms. The molecule has 5 heterocycles. The number of hydrogen-bond acceptors (Lipinski definition) is 10. The number of amides is 1. The van der Waals surface area contributed by atoms with Gasteiger partial charge in [0.25, 0.3) is 11.5 Å². The van der Waals surface area contributed by atoms with Crippen LogP contribution in [0.4, 0.5) is 0 Å². The third-order valence-electron chi connectivity index (χ3n) is 6.32. The highest BCUT2D eigenvalue weighted by Crippen LogP contribution is 2.28. The molecule has 4 aromatic rings. The molecule has 0 bridgehead atoms. The molecular formula is C23H22N8O5. The number of carbonyl (C=O) groups is 1. The molecular weight excluding hydrogens is 468 g/mol. The number of piperidine rings is 1. The molecule has 0 unspecified atom stereocenters. The molecule has 184 valence electrons. The number of rotatable bonds is 5. The monoisotopic (exact) mass is 490 g/mol. The molecule has 1 atom stereocenters. The summed E-state index contributed by atoms with van der Waals surface area (Å²) < 4.78 is 1.52. The number of nitrogens with zero attached hydrogens (tertiary/aromatic N) is 7. The van der Waals surface area contributed by atoms with Crippen molar-refractivity contribution in [1.82, 2.24) is 34.4 Å². The second-order valence-electron chi connectivity index (χ2n) is 8.62. The molecule has 13 nitrogen and oxygen atoms in total. The van der Waals surface area contributed by atoms with Crippen LogP contribution in [0.25, 0.3) is 33.2 Å². The summed E-state index contributed by atoms with van der Waals surface area (Å²) in [5.74, 6) is -0.0762. The molecule has 36 heavy (non-hydrogen) atoms. The molecule has 0 aliphatic carbocycles. The molecule has 0 aromatic carbocycles. The summed E-state index contributed by atoms with van der Waals surface area (Å²) in [7, 11) is 0. The van der Waals surface area contributed by atoms with Gasteiger partial charge >= 0.3 is 5.69 Å². The Bertz CT molecular complexity index is 1590. The molecule has 4 aromatic heterocycles. The number of H-pyrrole nitrogens is 1. The van der Waals surface area contributed by atoms with E-state index in [1.165, 1.54) is 30.1 Å². The van der Waals surface area contributed by atoms with Gasteiger partial charge in [-0.3, -0.25) is 24.1 Å². The second-order valence-corrected chi connectivity index (χ2v) is 8.62. The van der Waals surface area contributed by atoms with E-state index in [9.17, 15) is 24.4 Å². The highest BCUT2D eigenvalue weighted by Gasteiger charge is 2.28. The van der Waals surface area contributed by atoms with E-state index in [0.29, 0.717) is 53.7 Å². The fourth-order valence-corrected chi connectivity index (χ4v) is 4.53. The number of pyridine rings is 2. The summed E-state index contributed by atoms with van der Waals surface area (Å²) in [5.41, 5.74) is 1.17. The Morgan fingerprint density at radius 2 is 1.89 bits per heavy atom. The van der Waals surface area contributed by atoms with Crippen molar-refractivity contribution >= 4 is 27.8 Å². The van der Waals surface area contributed by atoms with Crippen LogP contribution in [0.3, 0.4) is 0 Å². The van der Waals surface area contributed by atoms with E-state index in [4.69, 9.17) is 4.98 Å². The van der Waals surface area contributed by atoms with Crippen molar-refractivity contribution in [1.29, 1.82) is 0 Å². The normalized spacial score (nSPS) is 15.3. The number of aliphatic hydroxyl groups excluding tert-OH is 1. The molecule has 1 aliphatic heterocycles. The summed E-state index contributed by atoms with van der Waals surface area (Å²) in [6.07, 6.45) is 4.30. The summed E-state index contributed by atoms with van der Waals surface area (Å²) in [6, 6.07) is 3.16. The van der Waals surface area contributed by atoms with Crippen LogP contribution in [0.1, 0.15) is 31.6 Å². The first-order chi connectivity index (χ1) is 17.4. The minimum Gasteiger partial charge on any atom is -0.384 e. The number of aromatic nitrogens is 6. The van der Waals surface area contributed by atoms with Crippen LogP contribution in [-0.4, -0.2) is 64.6 Å². The molecule has 1 saturated heterocycles. The Kier molecular flexibility index (Phi) is 6.06. The maximum atomic E-state index is 13.1. The largest absolute Gasteiger partial charge is 0.384 e. The molecule has 0 saturated carbocycles. The average Bonchev–Trinajstić information content (AvgIpc) is 2.89. The number of fused-ring (bicyclic) bond motifs is 3. The first-order valence-corrected chi connectivity index (χ1v) is 11.4. The maximum absolute atomic E-state index is 13.1. The number of hydrogen-bond donors (Lipinski definition) is 2. The number of nitrogens with one attached hydrogen (secondary N) is 1. The first kappa shape index (κ1) is 23.4. The SMILES string of the molecule is C[C@@H](O)C(=O)N1CCC(n2c(=O)[nH]c(=O)c3cnc4ccc(-c5cnc(CN=O)nc5)nc4c32)CC1. The second kappa shape index (κ2) is 9.34. The van der Waals surface area contributed by atoms with Gasteiger partial charge in [-0.15, -0.1) is 0 Å². The molecule has 2 N–H and O–H groups in total. The Morgan fingerprint density at radius 1 is 1.17 bits per heavy atom. The predicted octanol–water partition coefficient (Wildman–Crippen LogP) is 0.901. The topological polar surface area (TPSA) is 176 Å². The van der Waals surface area contributed by atoms with E-state index in [2.05, 4.69) is 25.1 Å². The zero-order valence-electron chi connectivity index (χ0n) is 19.3. The molecule has 5 rings (SSSR count). The first-order valence-electron chi connectivity index (χ1n) is 11.4. The van der Waals surface area contributed by atoms with Crippen molar-refractivity contribution in [2.24, 2.45) is 5.18 Å². The molecule has 13 heteroatoms. The molecule has 0 radical (unpaired) electrons. The van der Waals surface area contributed by atoms with Gasteiger partial charge in [0, 0.05) is 43.3 Å². The molecule has 1 fully saturated rings. The van der Waals surface area contributed by atoms with Gasteiger partial charge in [-0.25, -0.2) is 19.7 Å². The van der Waals surface area contributed by atoms with Crippen LogP contribution >= 0.6 is 0 Å². The minimum atomic E-state index is -1.09. The van der Waals surface area contributed by atoms with Crippen molar-refractivity contribution < 1.29 is 9.90 Å². The van der Waals surface area contributed by atoms with Crippen molar-refractivity contribution in [2.45, 2.75) is 38.5 Å². The van der Waals surface area contributed by atoms with Gasteiger partial charge in [0.1, 0.15) is 18.2 Å². The Hall–Kier alpha value is -4.39. The van der Waals surface area contributed by atoms with E-state index in [-0.39, 0.29) is 29.7 Å². The summed E-state index contributed by atoms with van der Waals surface area (Å²) in [4.78, 5) is 69.6. The number of carbonyl (C=O) groups excluding carboxylic acids is 1. The van der Waals surface area contributed by atoms with E-state index < -0.39 is 17.4 Å². The van der Waals surface area contributed by atoms with E-state index >= 15 is 0 Å². The fraction of sp³-hybridized carbons (Fsp3) is 0.348. The standard InChI is InChI=1S/C23H22N8O5/c1-12(32)22(34)30-6-4-14(5-7-30)31-20-15(21(33)29-23(31)35)10-24-17-3-2-16(28-19(17)20)13-8-25-18(11-27-36)26-9-13/h2-3,8-10,12,14,32H,4-7,11H2,1H3,(H,29,33,35)/t12-/m1/s1. The van der Waals surface area contributed by atoms with Crippen LogP contribution in [0.5, 0.6) is 0 Å². The highest BCUT2D eigenvalue weighted by molar-refractivity contribution is 6.01. The summed E-state index contributed by atoms with van der Waals surface area (Å²) in [6.45, 7) is 2.01. The van der Waals surface area contributed by atoms with Crippen molar-refractivity contribution in [3.63, 3.8) is 0 Å². The van der Waals surface area contributed by atoms with Crippen LogP contribution in [-0.2, 0) is 11.3 Å². The predicted molar refractivity (Wildman–Crippen MR) is 129 cm³/mol. The average molecular weight is 490 g/mol. The van der Waals surface area contributed by atoms with Gasteiger partial charge in [0.2, 0.25) is 0 Å².